The number of amides is 1. The molecule has 0 fully saturated rings. The number of benzene rings is 2. The molecule has 0 bridgehead atoms. The van der Waals surface area contributed by atoms with Crippen LogP contribution < -0.4 is 14.4 Å². The average molecular weight is 561 g/mol. The van der Waals surface area contributed by atoms with E-state index in [1.54, 1.807) is 24.3 Å². The van der Waals surface area contributed by atoms with E-state index >= 15 is 0 Å². The van der Waals surface area contributed by atoms with Gasteiger partial charge in [-0.15, -0.1) is 5.92 Å². The van der Waals surface area contributed by atoms with Gasteiger partial charge in [-0.3, -0.25) is 14.6 Å². The van der Waals surface area contributed by atoms with Gasteiger partial charge in [0.25, 0.3) is 5.91 Å². The Morgan fingerprint density at radius 2 is 1.85 bits per heavy atom. The van der Waals surface area contributed by atoms with Gasteiger partial charge in [-0.05, 0) is 37.6 Å². The van der Waals surface area contributed by atoms with E-state index < -0.39 is 23.7 Å². The van der Waals surface area contributed by atoms with Crippen LogP contribution in [0.4, 0.5) is 18.9 Å². The second kappa shape index (κ2) is 12.5. The van der Waals surface area contributed by atoms with Crippen LogP contribution in [-0.2, 0) is 11.0 Å². The number of methoxy groups -OCH3 is 1. The first-order valence-corrected chi connectivity index (χ1v) is 11.9. The normalized spacial score (nSPS) is 10.8. The Morgan fingerprint density at radius 1 is 1.13 bits per heavy atom. The minimum atomic E-state index is -4.68. The lowest BCUT2D eigenvalue weighted by Gasteiger charge is -2.22. The van der Waals surface area contributed by atoms with Gasteiger partial charge in [0.2, 0.25) is 0 Å². The van der Waals surface area contributed by atoms with Crippen LogP contribution in [0.15, 0.2) is 48.7 Å². The monoisotopic (exact) mass is 560 g/mol. The number of anilines is 1. The van der Waals surface area contributed by atoms with Crippen molar-refractivity contribution in [1.29, 1.82) is 0 Å². The van der Waals surface area contributed by atoms with Crippen molar-refractivity contribution in [2.75, 3.05) is 25.7 Å². The number of pyridine rings is 1. The molecule has 0 spiro atoms. The second-order valence-electron chi connectivity index (χ2n) is 8.20. The molecule has 0 atom stereocenters. The number of para-hydroxylation sites is 2. The molecule has 1 heterocycles. The van der Waals surface area contributed by atoms with E-state index in [2.05, 4.69) is 16.8 Å². The molecule has 7 nitrogen and oxygen atoms in total. The van der Waals surface area contributed by atoms with Gasteiger partial charge < -0.3 is 19.5 Å². The predicted molar refractivity (Wildman–Crippen MR) is 140 cm³/mol. The number of aromatic nitrogens is 1. The fourth-order valence-corrected chi connectivity index (χ4v) is 3.97. The van der Waals surface area contributed by atoms with Crippen LogP contribution in [0, 0.1) is 11.8 Å². The van der Waals surface area contributed by atoms with Crippen molar-refractivity contribution in [3.63, 3.8) is 0 Å². The van der Waals surface area contributed by atoms with Crippen LogP contribution >= 0.6 is 11.6 Å². The van der Waals surface area contributed by atoms with E-state index in [4.69, 9.17) is 26.2 Å². The molecule has 204 valence electrons. The average Bonchev–Trinajstić information content (AvgIpc) is 2.90. The minimum absolute atomic E-state index is 0.0188. The summed E-state index contributed by atoms with van der Waals surface area (Å²) in [6.07, 6.45) is -3.65. The number of rotatable bonds is 9. The Balaban J connectivity index is 2.16. The molecule has 3 aromatic rings. The summed E-state index contributed by atoms with van der Waals surface area (Å²) in [6.45, 7) is 1.46. The summed E-state index contributed by atoms with van der Waals surface area (Å²) in [7, 11) is 2.98. The third-order valence-electron chi connectivity index (χ3n) is 5.59. The van der Waals surface area contributed by atoms with Gasteiger partial charge in [-0.2, -0.15) is 13.2 Å². The number of carbonyl (C=O) groups is 2. The van der Waals surface area contributed by atoms with Crippen molar-refractivity contribution in [2.24, 2.45) is 0 Å². The molecule has 39 heavy (non-hydrogen) atoms. The quantitative estimate of drug-likeness (QED) is 0.243. The Hall–Kier alpha value is -4.23. The lowest BCUT2D eigenvalue weighted by molar-refractivity contribution is -0.141. The summed E-state index contributed by atoms with van der Waals surface area (Å²) in [5.74, 6) is 4.20. The minimum Gasteiger partial charge on any atom is -0.495 e. The van der Waals surface area contributed by atoms with Gasteiger partial charge in [0, 0.05) is 42.4 Å². The molecule has 0 aliphatic carbocycles. The van der Waals surface area contributed by atoms with E-state index in [0.29, 0.717) is 11.4 Å². The van der Waals surface area contributed by atoms with Gasteiger partial charge in [0.15, 0.2) is 0 Å². The first-order chi connectivity index (χ1) is 18.5. The first-order valence-electron chi connectivity index (χ1n) is 11.6. The third-order valence-corrected chi connectivity index (χ3v) is 5.90. The topological polar surface area (TPSA) is 89.0 Å². The molecule has 3 rings (SSSR count). The summed E-state index contributed by atoms with van der Waals surface area (Å²) >= 11 is 6.53. The molecule has 0 aliphatic heterocycles. The summed E-state index contributed by atoms with van der Waals surface area (Å²) in [5, 5.41) is 8.98. The molecule has 11 heteroatoms. The summed E-state index contributed by atoms with van der Waals surface area (Å²) in [4.78, 5) is 29.5. The van der Waals surface area contributed by atoms with Crippen molar-refractivity contribution in [3.8, 4) is 34.5 Å². The molecule has 0 unspecified atom stereocenters. The van der Waals surface area contributed by atoms with Crippen LogP contribution in [0.5, 0.6) is 11.5 Å². The number of carbonyl (C=O) groups excluding carboxylic acids is 1. The van der Waals surface area contributed by atoms with Crippen LogP contribution in [0.25, 0.3) is 11.1 Å². The van der Waals surface area contributed by atoms with Gasteiger partial charge in [0.05, 0.1) is 30.0 Å². The maximum atomic E-state index is 13.7. The number of hydrogen-bond acceptors (Lipinski definition) is 5. The smallest absolute Gasteiger partial charge is 0.433 e. The Labute approximate surface area is 228 Å². The Kier molecular flexibility index (Phi) is 9.43. The predicted octanol–water partition coefficient (Wildman–Crippen LogP) is 6.32. The highest BCUT2D eigenvalue weighted by Gasteiger charge is 2.33. The fourth-order valence-electron chi connectivity index (χ4n) is 3.71. The molecule has 1 N–H and O–H groups in total. The van der Waals surface area contributed by atoms with E-state index in [1.165, 1.54) is 38.1 Å². The lowest BCUT2D eigenvalue weighted by Crippen LogP contribution is -2.27. The fraction of sp³-hybridized carbons (Fsp3) is 0.250. The van der Waals surface area contributed by atoms with Crippen LogP contribution in [0.2, 0.25) is 5.02 Å². The van der Waals surface area contributed by atoms with Crippen LogP contribution in [0.1, 0.15) is 41.4 Å². The van der Waals surface area contributed by atoms with Gasteiger partial charge in [-0.1, -0.05) is 29.7 Å². The highest BCUT2D eigenvalue weighted by atomic mass is 35.5. The molecule has 1 aromatic heterocycles. The van der Waals surface area contributed by atoms with E-state index in [9.17, 15) is 22.8 Å². The summed E-state index contributed by atoms with van der Waals surface area (Å²) in [5.41, 5.74) is -0.210. The van der Waals surface area contributed by atoms with Crippen molar-refractivity contribution < 1.29 is 37.3 Å². The maximum absolute atomic E-state index is 13.7. The van der Waals surface area contributed by atoms with Crippen molar-refractivity contribution in [1.82, 2.24) is 4.98 Å². The van der Waals surface area contributed by atoms with E-state index in [0.717, 1.165) is 12.3 Å². The zero-order valence-electron chi connectivity index (χ0n) is 21.2. The van der Waals surface area contributed by atoms with Gasteiger partial charge >= 0.3 is 12.1 Å². The van der Waals surface area contributed by atoms with Gasteiger partial charge in [0.1, 0.15) is 17.2 Å². The van der Waals surface area contributed by atoms with E-state index in [1.807, 2.05) is 0 Å². The second-order valence-corrected chi connectivity index (χ2v) is 8.61. The number of hydrogen-bond donors (Lipinski definition) is 1. The number of nitrogens with zero attached hydrogens (tertiary/aromatic N) is 2. The molecule has 1 amide bonds. The van der Waals surface area contributed by atoms with Crippen molar-refractivity contribution >= 4 is 29.2 Å². The maximum Gasteiger partial charge on any atom is 0.433 e. The van der Waals surface area contributed by atoms with Gasteiger partial charge in [-0.25, -0.2) is 0 Å². The van der Waals surface area contributed by atoms with Crippen LogP contribution in [-0.4, -0.2) is 42.7 Å². The molecule has 2 aromatic carbocycles. The number of carboxylic acid groups (broad SMARTS) is 1. The van der Waals surface area contributed by atoms with Crippen molar-refractivity contribution in [2.45, 2.75) is 25.9 Å². The van der Waals surface area contributed by atoms with Crippen LogP contribution in [0.3, 0.4) is 0 Å². The first kappa shape index (κ1) is 29.3. The lowest BCUT2D eigenvalue weighted by atomic mass is 9.98. The number of aliphatic carboxylic acids is 1. The third kappa shape index (κ3) is 7.00. The Morgan fingerprint density at radius 3 is 2.49 bits per heavy atom. The largest absolute Gasteiger partial charge is 0.495 e. The highest BCUT2D eigenvalue weighted by Crippen LogP contribution is 2.39. The molecular formula is C28H24ClF3N2O5. The SMILES string of the molecule is CC#Cc1cc(C(F)(F)F)ncc1-c1cc(C(=O)N(C)c2ccccc2OC)c(OCCCC(=O)O)cc1Cl. The molecule has 0 aliphatic rings. The molecule has 0 saturated heterocycles. The summed E-state index contributed by atoms with van der Waals surface area (Å²) in [6, 6.07) is 10.4. The highest BCUT2D eigenvalue weighted by molar-refractivity contribution is 6.34. The zero-order valence-corrected chi connectivity index (χ0v) is 22.0. The number of halogens is 4. The Bertz CT molecular complexity index is 1450. The number of alkyl halides is 3. The van der Waals surface area contributed by atoms with E-state index in [-0.39, 0.29) is 52.5 Å². The molecule has 0 saturated carbocycles. The molecule has 0 radical (unpaired) electrons. The molecular weight excluding hydrogens is 537 g/mol. The number of carboxylic acids is 1. The standard InChI is InChI=1S/C28H24ClF3N2O5/c1-4-8-17-13-25(28(30,31)32)33-16-20(17)18-14-19(24(15-21(18)29)39-12-7-11-26(35)36)27(37)34(2)22-9-5-6-10-23(22)38-3/h5-6,9-10,13-16H,7,11-12H2,1-3H3,(H,35,36). The summed E-state index contributed by atoms with van der Waals surface area (Å²) < 4.78 is 51.0. The number of ether oxygens (including phenoxy) is 2. The van der Waals surface area contributed by atoms with Crippen molar-refractivity contribution in [3.05, 3.63) is 70.5 Å². The zero-order chi connectivity index (χ0) is 28.7.